The molecular formula is C18H18N2O. The molecule has 3 nitrogen and oxygen atoms in total. The van der Waals surface area contributed by atoms with Crippen molar-refractivity contribution in [2.24, 2.45) is 0 Å². The van der Waals surface area contributed by atoms with Gasteiger partial charge in [0.15, 0.2) is 0 Å². The molecule has 2 aromatic rings. The smallest absolute Gasteiger partial charge is 0.224 e. The van der Waals surface area contributed by atoms with Crippen LogP contribution < -0.4 is 10.6 Å². The van der Waals surface area contributed by atoms with Crippen molar-refractivity contribution in [1.82, 2.24) is 0 Å². The monoisotopic (exact) mass is 278 g/mol. The van der Waals surface area contributed by atoms with Crippen molar-refractivity contribution >= 4 is 17.3 Å². The van der Waals surface area contributed by atoms with E-state index in [1.54, 1.807) is 0 Å². The number of carbonyl (C=O) groups excluding carboxylic acids is 1. The summed E-state index contributed by atoms with van der Waals surface area (Å²) in [4.78, 5) is 11.4. The highest BCUT2D eigenvalue weighted by Crippen LogP contribution is 2.28. The Labute approximate surface area is 124 Å². The Bertz CT molecular complexity index is 683. The van der Waals surface area contributed by atoms with Crippen molar-refractivity contribution in [3.05, 3.63) is 59.2 Å². The van der Waals surface area contributed by atoms with Gasteiger partial charge in [0.25, 0.3) is 0 Å². The van der Waals surface area contributed by atoms with E-state index in [1.165, 1.54) is 16.7 Å². The number of anilines is 2. The zero-order chi connectivity index (χ0) is 14.2. The number of amides is 1. The maximum absolute atomic E-state index is 11.4. The Hall–Kier alpha value is -2.29. The van der Waals surface area contributed by atoms with Gasteiger partial charge in [-0.1, -0.05) is 24.3 Å². The van der Waals surface area contributed by atoms with Crippen LogP contribution in [0.15, 0.2) is 42.5 Å². The van der Waals surface area contributed by atoms with E-state index in [-0.39, 0.29) is 5.91 Å². The van der Waals surface area contributed by atoms with Gasteiger partial charge < -0.3 is 10.6 Å². The summed E-state index contributed by atoms with van der Waals surface area (Å²) >= 11 is 0. The average molecular weight is 278 g/mol. The lowest BCUT2D eigenvalue weighted by atomic mass is 10.0. The first-order valence-electron chi connectivity index (χ1n) is 7.54. The van der Waals surface area contributed by atoms with Crippen LogP contribution in [0.2, 0.25) is 0 Å². The number of aryl methyl sites for hydroxylation is 1. The predicted molar refractivity (Wildman–Crippen MR) is 84.7 cm³/mol. The van der Waals surface area contributed by atoms with Crippen molar-refractivity contribution in [3.63, 3.8) is 0 Å². The molecule has 106 valence electrons. The molecule has 2 aromatic carbocycles. The number of hydrogen-bond acceptors (Lipinski definition) is 2. The van der Waals surface area contributed by atoms with Gasteiger partial charge in [-0.05, 0) is 54.2 Å². The molecule has 21 heavy (non-hydrogen) atoms. The van der Waals surface area contributed by atoms with E-state index in [0.29, 0.717) is 12.5 Å². The van der Waals surface area contributed by atoms with Crippen molar-refractivity contribution in [2.45, 2.75) is 31.7 Å². The van der Waals surface area contributed by atoms with E-state index < -0.39 is 0 Å². The maximum Gasteiger partial charge on any atom is 0.224 e. The Morgan fingerprint density at radius 2 is 1.71 bits per heavy atom. The number of benzene rings is 2. The molecule has 2 aliphatic rings. The van der Waals surface area contributed by atoms with Gasteiger partial charge in [0.1, 0.15) is 0 Å². The summed E-state index contributed by atoms with van der Waals surface area (Å²) in [6, 6.07) is 15.4. The van der Waals surface area contributed by atoms with E-state index in [2.05, 4.69) is 47.0 Å². The molecule has 1 aliphatic carbocycles. The van der Waals surface area contributed by atoms with E-state index in [4.69, 9.17) is 0 Å². The van der Waals surface area contributed by atoms with Gasteiger partial charge in [0.05, 0.1) is 0 Å². The minimum atomic E-state index is 0.120. The molecule has 0 fully saturated rings. The van der Waals surface area contributed by atoms with Gasteiger partial charge in [0.2, 0.25) is 5.91 Å². The summed E-state index contributed by atoms with van der Waals surface area (Å²) in [6.45, 7) is 0. The summed E-state index contributed by atoms with van der Waals surface area (Å²) < 4.78 is 0. The number of rotatable bonds is 2. The summed E-state index contributed by atoms with van der Waals surface area (Å²) in [6.07, 6.45) is 3.60. The topological polar surface area (TPSA) is 41.1 Å². The predicted octanol–water partition coefficient (Wildman–Crippen LogP) is 3.15. The molecule has 0 saturated carbocycles. The second-order valence-electron chi connectivity index (χ2n) is 5.94. The lowest BCUT2D eigenvalue weighted by Gasteiger charge is -2.20. The van der Waals surface area contributed by atoms with Crippen LogP contribution in [0.5, 0.6) is 0 Å². The highest BCUT2D eigenvalue weighted by Gasteiger charge is 2.21. The lowest BCUT2D eigenvalue weighted by Crippen LogP contribution is -2.21. The highest BCUT2D eigenvalue weighted by molar-refractivity contribution is 5.94. The molecule has 1 aliphatic heterocycles. The maximum atomic E-state index is 11.4. The highest BCUT2D eigenvalue weighted by atomic mass is 16.1. The summed E-state index contributed by atoms with van der Waals surface area (Å²) in [5.74, 6) is 0.120. The molecular weight excluding hydrogens is 260 g/mol. The molecule has 2 N–H and O–H groups in total. The molecule has 0 unspecified atom stereocenters. The molecule has 0 atom stereocenters. The van der Waals surface area contributed by atoms with Crippen LogP contribution >= 0.6 is 0 Å². The second-order valence-corrected chi connectivity index (χ2v) is 5.94. The zero-order valence-corrected chi connectivity index (χ0v) is 11.9. The molecule has 0 saturated heterocycles. The minimum absolute atomic E-state index is 0.120. The normalized spacial score (nSPS) is 17.0. The number of hydrogen-bond donors (Lipinski definition) is 2. The fourth-order valence-corrected chi connectivity index (χ4v) is 3.37. The van der Waals surface area contributed by atoms with Crippen molar-refractivity contribution in [1.29, 1.82) is 0 Å². The number of carbonyl (C=O) groups is 1. The van der Waals surface area contributed by atoms with E-state index in [0.717, 1.165) is 30.6 Å². The fraction of sp³-hybridized carbons (Fsp3) is 0.278. The summed E-state index contributed by atoms with van der Waals surface area (Å²) in [5, 5.41) is 6.56. The van der Waals surface area contributed by atoms with Gasteiger partial charge >= 0.3 is 0 Å². The van der Waals surface area contributed by atoms with Crippen molar-refractivity contribution in [2.75, 3.05) is 10.6 Å². The van der Waals surface area contributed by atoms with Crippen LogP contribution in [0, 0.1) is 0 Å². The average Bonchev–Trinajstić information content (AvgIpc) is 2.89. The van der Waals surface area contributed by atoms with Gasteiger partial charge in [-0.3, -0.25) is 4.79 Å². The molecule has 0 radical (unpaired) electrons. The largest absolute Gasteiger partial charge is 0.382 e. The van der Waals surface area contributed by atoms with Crippen LogP contribution in [-0.2, 0) is 24.1 Å². The van der Waals surface area contributed by atoms with Gasteiger partial charge in [0, 0.05) is 23.8 Å². The Balaban J connectivity index is 1.50. The third kappa shape index (κ3) is 2.40. The lowest BCUT2D eigenvalue weighted by molar-refractivity contribution is -0.116. The van der Waals surface area contributed by atoms with Gasteiger partial charge in [-0.15, -0.1) is 0 Å². The Morgan fingerprint density at radius 1 is 0.952 bits per heavy atom. The SMILES string of the molecule is O=C1CCc2cc(NC3Cc4ccccc4C3)ccc2N1. The van der Waals surface area contributed by atoms with Gasteiger partial charge in [-0.2, -0.15) is 0 Å². The Morgan fingerprint density at radius 3 is 2.48 bits per heavy atom. The van der Waals surface area contributed by atoms with E-state index in [1.807, 2.05) is 6.07 Å². The van der Waals surface area contributed by atoms with Crippen LogP contribution in [0.4, 0.5) is 11.4 Å². The first-order valence-corrected chi connectivity index (χ1v) is 7.54. The number of nitrogens with one attached hydrogen (secondary N) is 2. The van der Waals surface area contributed by atoms with Crippen LogP contribution in [-0.4, -0.2) is 11.9 Å². The van der Waals surface area contributed by atoms with Crippen LogP contribution in [0.1, 0.15) is 23.1 Å². The standard InChI is InChI=1S/C18H18N2O/c21-18-8-5-14-11-15(6-7-17(14)20-18)19-16-9-12-3-1-2-4-13(12)10-16/h1-4,6-7,11,16,19H,5,8-10H2,(H,20,21). The van der Waals surface area contributed by atoms with Gasteiger partial charge in [-0.25, -0.2) is 0 Å². The molecule has 0 spiro atoms. The van der Waals surface area contributed by atoms with Crippen molar-refractivity contribution < 1.29 is 4.79 Å². The summed E-state index contributed by atoms with van der Waals surface area (Å²) in [7, 11) is 0. The second kappa shape index (κ2) is 4.92. The quantitative estimate of drug-likeness (QED) is 0.886. The Kier molecular flexibility index (Phi) is 2.92. The minimum Gasteiger partial charge on any atom is -0.382 e. The third-order valence-corrected chi connectivity index (χ3v) is 4.42. The molecule has 0 aromatic heterocycles. The molecule has 0 bridgehead atoms. The summed E-state index contributed by atoms with van der Waals surface area (Å²) in [5.41, 5.74) is 6.27. The molecule has 4 rings (SSSR count). The first-order chi connectivity index (χ1) is 10.3. The zero-order valence-electron chi connectivity index (χ0n) is 11.9. The van der Waals surface area contributed by atoms with E-state index >= 15 is 0 Å². The fourth-order valence-electron chi connectivity index (χ4n) is 3.37. The molecule has 1 amide bonds. The van der Waals surface area contributed by atoms with Crippen LogP contribution in [0.25, 0.3) is 0 Å². The van der Waals surface area contributed by atoms with Crippen LogP contribution in [0.3, 0.4) is 0 Å². The number of fused-ring (bicyclic) bond motifs is 2. The molecule has 3 heteroatoms. The molecule has 1 heterocycles. The first kappa shape index (κ1) is 12.5. The third-order valence-electron chi connectivity index (χ3n) is 4.42. The van der Waals surface area contributed by atoms with Crippen molar-refractivity contribution in [3.8, 4) is 0 Å². The van der Waals surface area contributed by atoms with E-state index in [9.17, 15) is 4.79 Å².